The number of hydrogen-bond donors (Lipinski definition) is 2. The van der Waals surface area contributed by atoms with E-state index >= 15 is 0 Å². The zero-order valence-electron chi connectivity index (χ0n) is 19.1. The summed E-state index contributed by atoms with van der Waals surface area (Å²) in [5.74, 6) is -1.86. The van der Waals surface area contributed by atoms with Crippen molar-refractivity contribution in [3.05, 3.63) is 82.4 Å². The van der Waals surface area contributed by atoms with Gasteiger partial charge in [-0.05, 0) is 69.8 Å². The third-order valence-electron chi connectivity index (χ3n) is 5.87. The Hall–Kier alpha value is -3.40. The maximum absolute atomic E-state index is 12.2. The molecule has 0 aliphatic rings. The first kappa shape index (κ1) is 23.3. The molecule has 0 aliphatic carbocycles. The Balaban J connectivity index is 2.60. The fourth-order valence-electron chi connectivity index (χ4n) is 4.59. The molecular weight excluding hydrogens is 400 g/mol. The fraction of sp³-hybridized carbons (Fsp3) is 0.286. The molecule has 0 heterocycles. The fourth-order valence-corrected chi connectivity index (χ4v) is 4.59. The molecule has 0 saturated carbocycles. The van der Waals surface area contributed by atoms with Gasteiger partial charge in [-0.1, -0.05) is 76.6 Å². The van der Waals surface area contributed by atoms with E-state index < -0.39 is 11.9 Å². The molecule has 3 rings (SSSR count). The van der Waals surface area contributed by atoms with Crippen LogP contribution in [0.4, 0.5) is 0 Å². The Morgan fingerprint density at radius 3 is 1.72 bits per heavy atom. The van der Waals surface area contributed by atoms with Crippen molar-refractivity contribution in [2.24, 2.45) is 0 Å². The van der Waals surface area contributed by atoms with Gasteiger partial charge < -0.3 is 10.2 Å². The van der Waals surface area contributed by atoms with Gasteiger partial charge in [0.25, 0.3) is 0 Å². The first-order chi connectivity index (χ1) is 15.3. The number of aryl methyl sites for hydroxylation is 2. The lowest BCUT2D eigenvalue weighted by molar-refractivity contribution is 0.0686. The Bertz CT molecular complexity index is 1160. The van der Waals surface area contributed by atoms with Crippen LogP contribution in [0.1, 0.15) is 77.4 Å². The summed E-state index contributed by atoms with van der Waals surface area (Å²) in [5.41, 5.74) is 6.68. The molecule has 4 heteroatoms. The van der Waals surface area contributed by atoms with Crippen LogP contribution in [-0.4, -0.2) is 22.2 Å². The van der Waals surface area contributed by atoms with Gasteiger partial charge in [-0.2, -0.15) is 0 Å². The normalized spacial score (nSPS) is 11.0. The Kier molecular flexibility index (Phi) is 7.14. The molecule has 3 aromatic rings. The second-order valence-electron chi connectivity index (χ2n) is 8.32. The predicted molar refractivity (Wildman–Crippen MR) is 129 cm³/mol. The molecule has 0 spiro atoms. The van der Waals surface area contributed by atoms with Crippen LogP contribution in [0.5, 0.6) is 0 Å². The molecule has 0 aromatic heterocycles. The Morgan fingerprint density at radius 2 is 1.28 bits per heavy atom. The average Bonchev–Trinajstić information content (AvgIpc) is 2.78. The average molecular weight is 431 g/mol. The minimum atomic E-state index is -0.996. The lowest BCUT2D eigenvalue weighted by Crippen LogP contribution is -2.10. The summed E-state index contributed by atoms with van der Waals surface area (Å²) in [6.45, 7) is 8.41. The van der Waals surface area contributed by atoms with Gasteiger partial charge in [0, 0.05) is 0 Å². The maximum atomic E-state index is 12.2. The van der Waals surface area contributed by atoms with Crippen LogP contribution in [0.3, 0.4) is 0 Å². The number of rotatable bonds is 8. The Morgan fingerprint density at radius 1 is 0.781 bits per heavy atom. The van der Waals surface area contributed by atoms with E-state index in [1.807, 2.05) is 24.3 Å². The number of carbonyl (C=O) groups is 2. The molecule has 0 amide bonds. The van der Waals surface area contributed by atoms with Gasteiger partial charge in [-0.15, -0.1) is 0 Å². The SMILES string of the molecule is CCCc1cc(CC)c(-c2ccccc2C(=O)O)c(-c2ccccc2C(=O)O)c1C(C)C. The lowest BCUT2D eigenvalue weighted by Gasteiger charge is -2.26. The highest BCUT2D eigenvalue weighted by atomic mass is 16.4. The topological polar surface area (TPSA) is 74.6 Å². The molecule has 0 aliphatic heterocycles. The molecule has 0 saturated heterocycles. The summed E-state index contributed by atoms with van der Waals surface area (Å²) >= 11 is 0. The number of hydrogen-bond acceptors (Lipinski definition) is 2. The van der Waals surface area contributed by atoms with Crippen molar-refractivity contribution in [1.29, 1.82) is 0 Å². The highest BCUT2D eigenvalue weighted by Gasteiger charge is 2.26. The van der Waals surface area contributed by atoms with Crippen LogP contribution >= 0.6 is 0 Å². The molecule has 2 N–H and O–H groups in total. The number of carboxylic acids is 2. The number of aromatic carboxylic acids is 2. The van der Waals surface area contributed by atoms with E-state index in [1.165, 1.54) is 5.56 Å². The van der Waals surface area contributed by atoms with Gasteiger partial charge in [0.05, 0.1) is 11.1 Å². The Labute approximate surface area is 189 Å². The summed E-state index contributed by atoms with van der Waals surface area (Å²) in [6, 6.07) is 16.2. The van der Waals surface area contributed by atoms with Crippen LogP contribution in [0.25, 0.3) is 22.3 Å². The highest BCUT2D eigenvalue weighted by Crippen LogP contribution is 2.45. The second kappa shape index (κ2) is 9.82. The van der Waals surface area contributed by atoms with Crippen LogP contribution < -0.4 is 0 Å². The lowest BCUT2D eigenvalue weighted by atomic mass is 9.77. The third-order valence-corrected chi connectivity index (χ3v) is 5.87. The van der Waals surface area contributed by atoms with Crippen molar-refractivity contribution in [1.82, 2.24) is 0 Å². The van der Waals surface area contributed by atoms with E-state index in [0.717, 1.165) is 35.1 Å². The molecule has 0 unspecified atom stereocenters. The molecule has 0 radical (unpaired) electrons. The second-order valence-corrected chi connectivity index (χ2v) is 8.32. The number of benzene rings is 3. The number of carboxylic acid groups (broad SMARTS) is 2. The summed E-state index contributed by atoms with van der Waals surface area (Å²) in [6.07, 6.45) is 2.55. The van der Waals surface area contributed by atoms with Crippen molar-refractivity contribution in [2.45, 2.75) is 52.9 Å². The van der Waals surface area contributed by atoms with E-state index in [9.17, 15) is 19.8 Å². The zero-order valence-corrected chi connectivity index (χ0v) is 19.1. The van der Waals surface area contributed by atoms with Crippen molar-refractivity contribution < 1.29 is 19.8 Å². The molecule has 32 heavy (non-hydrogen) atoms. The molecule has 166 valence electrons. The highest BCUT2D eigenvalue weighted by molar-refractivity contribution is 6.04. The predicted octanol–water partition coefficient (Wildman–Crippen LogP) is 7.06. The van der Waals surface area contributed by atoms with Crippen molar-refractivity contribution in [3.8, 4) is 22.3 Å². The molecule has 0 fully saturated rings. The first-order valence-corrected chi connectivity index (χ1v) is 11.2. The monoisotopic (exact) mass is 430 g/mol. The van der Waals surface area contributed by atoms with Gasteiger partial charge in [-0.25, -0.2) is 9.59 Å². The third kappa shape index (κ3) is 4.31. The van der Waals surface area contributed by atoms with Gasteiger partial charge >= 0.3 is 11.9 Å². The van der Waals surface area contributed by atoms with Crippen LogP contribution in [0, 0.1) is 0 Å². The first-order valence-electron chi connectivity index (χ1n) is 11.2. The molecule has 0 bridgehead atoms. The molecule has 3 aromatic carbocycles. The maximum Gasteiger partial charge on any atom is 0.336 e. The minimum absolute atomic E-state index is 0.134. The largest absolute Gasteiger partial charge is 0.478 e. The van der Waals surface area contributed by atoms with Crippen molar-refractivity contribution in [2.75, 3.05) is 0 Å². The van der Waals surface area contributed by atoms with Gasteiger partial charge in [0.2, 0.25) is 0 Å². The zero-order chi connectivity index (χ0) is 23.4. The van der Waals surface area contributed by atoms with E-state index in [1.54, 1.807) is 24.3 Å². The van der Waals surface area contributed by atoms with Crippen LogP contribution in [0.2, 0.25) is 0 Å². The van der Waals surface area contributed by atoms with Crippen molar-refractivity contribution >= 4 is 11.9 Å². The van der Waals surface area contributed by atoms with Crippen LogP contribution in [0.15, 0.2) is 54.6 Å². The summed E-state index contributed by atoms with van der Waals surface area (Å²) in [7, 11) is 0. The van der Waals surface area contributed by atoms with E-state index in [4.69, 9.17) is 0 Å². The van der Waals surface area contributed by atoms with E-state index in [2.05, 4.69) is 33.8 Å². The molecule has 0 atom stereocenters. The molecular formula is C28H30O4. The van der Waals surface area contributed by atoms with Crippen molar-refractivity contribution in [3.63, 3.8) is 0 Å². The van der Waals surface area contributed by atoms with Gasteiger partial charge in [-0.3, -0.25) is 0 Å². The standard InChI is InChI=1S/C28H30O4/c1-5-11-19-16-18(6-2)25(20-12-7-9-14-22(20)27(29)30)26(24(19)17(3)4)21-13-8-10-15-23(21)28(31)32/h7-10,12-17H,5-6,11H2,1-4H3,(H,29,30)(H,31,32). The minimum Gasteiger partial charge on any atom is -0.478 e. The molecule has 4 nitrogen and oxygen atoms in total. The van der Waals surface area contributed by atoms with Crippen LogP contribution in [-0.2, 0) is 12.8 Å². The summed E-state index contributed by atoms with van der Waals surface area (Å²) in [5, 5.41) is 19.9. The van der Waals surface area contributed by atoms with Gasteiger partial charge in [0.1, 0.15) is 0 Å². The van der Waals surface area contributed by atoms with E-state index in [-0.39, 0.29) is 17.0 Å². The summed E-state index contributed by atoms with van der Waals surface area (Å²) < 4.78 is 0. The quantitative estimate of drug-likeness (QED) is 0.401. The smallest absolute Gasteiger partial charge is 0.336 e. The van der Waals surface area contributed by atoms with Gasteiger partial charge in [0.15, 0.2) is 0 Å². The summed E-state index contributed by atoms with van der Waals surface area (Å²) in [4.78, 5) is 24.3. The van der Waals surface area contributed by atoms with E-state index in [0.29, 0.717) is 17.5 Å².